The van der Waals surface area contributed by atoms with Gasteiger partial charge in [0.1, 0.15) is 11.6 Å². The van der Waals surface area contributed by atoms with Gasteiger partial charge in [-0.1, -0.05) is 13.8 Å². The molecular formula is C20H22F3N5. The minimum atomic E-state index is -4.42. The molecule has 0 aliphatic rings. The third kappa shape index (κ3) is 5.09. The quantitative estimate of drug-likeness (QED) is 0.608. The first-order chi connectivity index (χ1) is 13.2. The van der Waals surface area contributed by atoms with E-state index in [-0.39, 0.29) is 5.82 Å². The number of pyridine rings is 2. The van der Waals surface area contributed by atoms with Crippen molar-refractivity contribution in [2.45, 2.75) is 39.9 Å². The van der Waals surface area contributed by atoms with Gasteiger partial charge in [-0.05, 0) is 49.1 Å². The molecule has 0 bridgehead atoms. The van der Waals surface area contributed by atoms with E-state index in [4.69, 9.17) is 0 Å². The molecule has 3 heterocycles. The highest BCUT2D eigenvalue weighted by atomic mass is 19.4. The van der Waals surface area contributed by atoms with Crippen molar-refractivity contribution in [2.75, 3.05) is 5.32 Å². The molecule has 1 N–H and O–H groups in total. The Morgan fingerprint density at radius 2 is 1.93 bits per heavy atom. The summed E-state index contributed by atoms with van der Waals surface area (Å²) in [6.45, 7) is 7.04. The van der Waals surface area contributed by atoms with Gasteiger partial charge in [0.15, 0.2) is 0 Å². The van der Waals surface area contributed by atoms with E-state index in [0.717, 1.165) is 42.4 Å². The van der Waals surface area contributed by atoms with Crippen molar-refractivity contribution >= 4 is 11.6 Å². The van der Waals surface area contributed by atoms with Crippen molar-refractivity contribution in [3.8, 4) is 11.3 Å². The zero-order chi connectivity index (χ0) is 20.3. The summed E-state index contributed by atoms with van der Waals surface area (Å²) < 4.78 is 40.5. The lowest BCUT2D eigenvalue weighted by atomic mass is 10.1. The zero-order valence-corrected chi connectivity index (χ0v) is 16.0. The van der Waals surface area contributed by atoms with Crippen LogP contribution in [0.3, 0.4) is 0 Å². The van der Waals surface area contributed by atoms with Gasteiger partial charge in [-0.25, -0.2) is 9.97 Å². The van der Waals surface area contributed by atoms with Crippen LogP contribution in [0, 0.1) is 12.8 Å². The summed E-state index contributed by atoms with van der Waals surface area (Å²) in [5.41, 5.74) is 1.72. The maximum absolute atomic E-state index is 12.9. The number of aryl methyl sites for hydroxylation is 2. The highest BCUT2D eigenvalue weighted by Gasteiger charge is 2.30. The topological polar surface area (TPSA) is 55.6 Å². The number of nitrogens with zero attached hydrogens (tertiary/aromatic N) is 4. The second-order valence-corrected chi connectivity index (χ2v) is 7.14. The average molecular weight is 389 g/mol. The summed E-state index contributed by atoms with van der Waals surface area (Å²) >= 11 is 0. The normalized spacial score (nSPS) is 11.8. The predicted molar refractivity (Wildman–Crippen MR) is 102 cm³/mol. The summed E-state index contributed by atoms with van der Waals surface area (Å²) in [7, 11) is 0. The van der Waals surface area contributed by atoms with Crippen molar-refractivity contribution in [3.05, 3.63) is 54.0 Å². The molecule has 28 heavy (non-hydrogen) atoms. The molecule has 0 amide bonds. The number of hydrogen-bond donors (Lipinski definition) is 1. The van der Waals surface area contributed by atoms with E-state index in [1.807, 2.05) is 23.9 Å². The molecule has 0 saturated carbocycles. The largest absolute Gasteiger partial charge is 0.416 e. The van der Waals surface area contributed by atoms with E-state index < -0.39 is 11.7 Å². The third-order valence-electron chi connectivity index (χ3n) is 4.18. The first kappa shape index (κ1) is 19.9. The molecule has 0 fully saturated rings. The minimum absolute atomic E-state index is 0.0894. The van der Waals surface area contributed by atoms with E-state index in [2.05, 4.69) is 34.2 Å². The lowest BCUT2D eigenvalue weighted by molar-refractivity contribution is -0.137. The van der Waals surface area contributed by atoms with E-state index in [0.29, 0.717) is 17.4 Å². The third-order valence-corrected chi connectivity index (χ3v) is 4.18. The number of rotatable bonds is 6. The molecule has 0 aliphatic heterocycles. The Morgan fingerprint density at radius 1 is 1.14 bits per heavy atom. The Morgan fingerprint density at radius 3 is 2.64 bits per heavy atom. The first-order valence-corrected chi connectivity index (χ1v) is 9.02. The van der Waals surface area contributed by atoms with E-state index >= 15 is 0 Å². The Kier molecular flexibility index (Phi) is 5.67. The lowest BCUT2D eigenvalue weighted by Crippen LogP contribution is -2.06. The summed E-state index contributed by atoms with van der Waals surface area (Å²) in [6.07, 6.45) is 1.40. The van der Waals surface area contributed by atoms with Gasteiger partial charge in [0.05, 0.1) is 17.5 Å². The molecule has 0 aromatic carbocycles. The Balaban J connectivity index is 1.82. The fourth-order valence-corrected chi connectivity index (χ4v) is 2.69. The maximum Gasteiger partial charge on any atom is 0.416 e. The van der Waals surface area contributed by atoms with Crippen LogP contribution in [-0.4, -0.2) is 19.7 Å². The molecule has 3 rings (SSSR count). The van der Waals surface area contributed by atoms with Crippen molar-refractivity contribution in [1.82, 2.24) is 19.7 Å². The number of nitrogens with one attached hydrogen (secondary N) is 1. The smallest absolute Gasteiger partial charge is 0.325 e. The predicted octanol–water partition coefficient (Wildman–Crippen LogP) is 5.46. The van der Waals surface area contributed by atoms with Gasteiger partial charge in [-0.2, -0.15) is 18.3 Å². The number of alkyl halides is 3. The van der Waals surface area contributed by atoms with Crippen LogP contribution >= 0.6 is 0 Å². The number of halogens is 3. The molecule has 0 radical (unpaired) electrons. The number of hydrogen-bond acceptors (Lipinski definition) is 4. The number of aromatic nitrogens is 4. The molecule has 0 atom stereocenters. The lowest BCUT2D eigenvalue weighted by Gasteiger charge is -2.10. The van der Waals surface area contributed by atoms with Crippen LogP contribution < -0.4 is 5.32 Å². The van der Waals surface area contributed by atoms with Gasteiger partial charge in [-0.15, -0.1) is 0 Å². The van der Waals surface area contributed by atoms with E-state index in [1.165, 1.54) is 0 Å². The zero-order valence-electron chi connectivity index (χ0n) is 16.0. The SMILES string of the molecule is Cc1cc(Nc2cc(C(F)(F)F)ccn2)nc(-c2cnn(CCC(C)C)c2)c1. The minimum Gasteiger partial charge on any atom is -0.325 e. The van der Waals surface area contributed by atoms with E-state index in [9.17, 15) is 13.2 Å². The molecule has 0 saturated heterocycles. The summed E-state index contributed by atoms with van der Waals surface area (Å²) in [5.74, 6) is 1.10. The summed E-state index contributed by atoms with van der Waals surface area (Å²) in [4.78, 5) is 8.47. The second-order valence-electron chi connectivity index (χ2n) is 7.14. The van der Waals surface area contributed by atoms with Crippen molar-refractivity contribution in [2.24, 2.45) is 5.92 Å². The van der Waals surface area contributed by atoms with Crippen LogP contribution in [0.1, 0.15) is 31.4 Å². The molecule has 0 aliphatic carbocycles. The highest BCUT2D eigenvalue weighted by Crippen LogP contribution is 2.30. The van der Waals surface area contributed by atoms with Crippen LogP contribution in [0.4, 0.5) is 24.8 Å². The van der Waals surface area contributed by atoms with Crippen LogP contribution in [0.25, 0.3) is 11.3 Å². The average Bonchev–Trinajstić information content (AvgIpc) is 3.08. The van der Waals surface area contributed by atoms with Gasteiger partial charge >= 0.3 is 6.18 Å². The van der Waals surface area contributed by atoms with Gasteiger partial charge in [0.2, 0.25) is 0 Å². The van der Waals surface area contributed by atoms with Crippen LogP contribution in [0.2, 0.25) is 0 Å². The fourth-order valence-electron chi connectivity index (χ4n) is 2.69. The molecule has 8 heteroatoms. The van der Waals surface area contributed by atoms with Gasteiger partial charge in [-0.3, -0.25) is 4.68 Å². The van der Waals surface area contributed by atoms with Gasteiger partial charge in [0, 0.05) is 24.5 Å². The Bertz CT molecular complexity index is 947. The van der Waals surface area contributed by atoms with Crippen molar-refractivity contribution < 1.29 is 13.2 Å². The molecule has 3 aromatic rings. The van der Waals surface area contributed by atoms with Crippen LogP contribution in [-0.2, 0) is 12.7 Å². The van der Waals surface area contributed by atoms with Gasteiger partial charge in [0.25, 0.3) is 0 Å². The Labute approximate surface area is 161 Å². The molecular weight excluding hydrogens is 367 g/mol. The summed E-state index contributed by atoms with van der Waals surface area (Å²) in [5, 5.41) is 7.23. The van der Waals surface area contributed by atoms with Crippen LogP contribution in [0.5, 0.6) is 0 Å². The van der Waals surface area contributed by atoms with E-state index in [1.54, 1.807) is 12.3 Å². The standard InChI is InChI=1S/C20H22F3N5/c1-13(2)5-7-28-12-15(11-25-28)17-8-14(3)9-19(26-17)27-18-10-16(4-6-24-18)20(21,22)23/h4,6,8-13H,5,7H2,1-3H3,(H,24,26,27). The molecule has 3 aromatic heterocycles. The summed E-state index contributed by atoms with van der Waals surface area (Å²) in [6, 6.07) is 5.57. The molecule has 0 spiro atoms. The molecule has 5 nitrogen and oxygen atoms in total. The number of anilines is 2. The first-order valence-electron chi connectivity index (χ1n) is 9.02. The molecule has 0 unspecified atom stereocenters. The van der Waals surface area contributed by atoms with Crippen molar-refractivity contribution in [3.63, 3.8) is 0 Å². The Hall–Kier alpha value is -2.90. The maximum atomic E-state index is 12.9. The van der Waals surface area contributed by atoms with Crippen molar-refractivity contribution in [1.29, 1.82) is 0 Å². The molecule has 148 valence electrons. The highest BCUT2D eigenvalue weighted by molar-refractivity contribution is 5.63. The van der Waals surface area contributed by atoms with Crippen LogP contribution in [0.15, 0.2) is 42.9 Å². The monoisotopic (exact) mass is 389 g/mol. The second kappa shape index (κ2) is 8.00. The van der Waals surface area contributed by atoms with Gasteiger partial charge < -0.3 is 5.32 Å². The fraction of sp³-hybridized carbons (Fsp3) is 0.350.